The summed E-state index contributed by atoms with van der Waals surface area (Å²) in [6, 6.07) is 0.640. The average molecular weight is 225 g/mol. The summed E-state index contributed by atoms with van der Waals surface area (Å²) < 4.78 is 0. The Morgan fingerprint density at radius 3 is 2.56 bits per heavy atom. The molecule has 1 saturated carbocycles. The molecule has 2 unspecified atom stereocenters. The standard InChI is InChI=1S/C13H27N3/c1-11-9-15(3)7-4-8-16(11)13(2,10-14)12-5-6-12/h11-12H,4-10,14H2,1-3H3. The minimum Gasteiger partial charge on any atom is -0.329 e. The highest BCUT2D eigenvalue weighted by Crippen LogP contribution is 2.43. The minimum absolute atomic E-state index is 0.255. The van der Waals surface area contributed by atoms with Crippen molar-refractivity contribution in [3.8, 4) is 0 Å². The lowest BCUT2D eigenvalue weighted by molar-refractivity contribution is 0.0530. The van der Waals surface area contributed by atoms with Gasteiger partial charge in [-0.25, -0.2) is 0 Å². The zero-order valence-corrected chi connectivity index (χ0v) is 11.1. The first-order valence-electron chi connectivity index (χ1n) is 6.73. The van der Waals surface area contributed by atoms with Gasteiger partial charge in [-0.3, -0.25) is 4.90 Å². The molecule has 2 rings (SSSR count). The SMILES string of the molecule is CC1CN(C)CCCN1C(C)(CN)C1CC1. The number of nitrogens with two attached hydrogens (primary N) is 1. The second-order valence-corrected chi connectivity index (χ2v) is 5.99. The highest BCUT2D eigenvalue weighted by molar-refractivity contribution is 5.02. The molecular formula is C13H27N3. The van der Waals surface area contributed by atoms with Gasteiger partial charge in [0.2, 0.25) is 0 Å². The van der Waals surface area contributed by atoms with E-state index in [0.29, 0.717) is 6.04 Å². The molecule has 2 aliphatic rings. The normalized spacial score (nSPS) is 33.4. The molecule has 1 aliphatic carbocycles. The summed E-state index contributed by atoms with van der Waals surface area (Å²) in [4.78, 5) is 5.14. The molecule has 2 N–H and O–H groups in total. The summed E-state index contributed by atoms with van der Waals surface area (Å²) in [7, 11) is 2.23. The fraction of sp³-hybridized carbons (Fsp3) is 1.00. The number of hydrogen-bond donors (Lipinski definition) is 1. The lowest BCUT2D eigenvalue weighted by atomic mass is 9.91. The van der Waals surface area contributed by atoms with Crippen molar-refractivity contribution in [1.82, 2.24) is 9.80 Å². The molecule has 3 heteroatoms. The van der Waals surface area contributed by atoms with E-state index in [1.165, 1.54) is 38.9 Å². The van der Waals surface area contributed by atoms with E-state index < -0.39 is 0 Å². The van der Waals surface area contributed by atoms with Gasteiger partial charge in [-0.15, -0.1) is 0 Å². The van der Waals surface area contributed by atoms with E-state index in [9.17, 15) is 0 Å². The molecule has 0 aromatic carbocycles. The minimum atomic E-state index is 0.255. The highest BCUT2D eigenvalue weighted by atomic mass is 15.3. The molecule has 16 heavy (non-hydrogen) atoms. The van der Waals surface area contributed by atoms with Crippen molar-refractivity contribution >= 4 is 0 Å². The van der Waals surface area contributed by atoms with E-state index in [4.69, 9.17) is 5.73 Å². The first kappa shape index (κ1) is 12.3. The Morgan fingerprint density at radius 2 is 2.00 bits per heavy atom. The van der Waals surface area contributed by atoms with Crippen LogP contribution in [0.1, 0.15) is 33.1 Å². The van der Waals surface area contributed by atoms with Gasteiger partial charge in [0.05, 0.1) is 0 Å². The van der Waals surface area contributed by atoms with Crippen molar-refractivity contribution in [1.29, 1.82) is 0 Å². The largest absolute Gasteiger partial charge is 0.329 e. The Morgan fingerprint density at radius 1 is 1.31 bits per heavy atom. The van der Waals surface area contributed by atoms with Gasteiger partial charge in [0.15, 0.2) is 0 Å². The molecule has 0 radical (unpaired) electrons. The first-order valence-corrected chi connectivity index (χ1v) is 6.73. The molecule has 2 fully saturated rings. The first-order chi connectivity index (χ1) is 7.58. The monoisotopic (exact) mass is 225 g/mol. The Bertz CT molecular complexity index is 239. The number of likely N-dealkylation sites (N-methyl/N-ethyl adjacent to an activating group) is 1. The lowest BCUT2D eigenvalue weighted by Crippen LogP contribution is -2.57. The molecule has 0 aromatic rings. The number of hydrogen-bond acceptors (Lipinski definition) is 3. The third-order valence-electron chi connectivity index (χ3n) is 4.57. The van der Waals surface area contributed by atoms with Gasteiger partial charge in [-0.2, -0.15) is 0 Å². The van der Waals surface area contributed by atoms with Crippen LogP contribution >= 0.6 is 0 Å². The molecule has 1 aliphatic heterocycles. The third-order valence-corrected chi connectivity index (χ3v) is 4.57. The maximum absolute atomic E-state index is 6.07. The van der Waals surface area contributed by atoms with Crippen LogP contribution in [0, 0.1) is 5.92 Å². The lowest BCUT2D eigenvalue weighted by Gasteiger charge is -2.44. The summed E-state index contributed by atoms with van der Waals surface area (Å²) in [5, 5.41) is 0. The van der Waals surface area contributed by atoms with E-state index in [1.807, 2.05) is 0 Å². The van der Waals surface area contributed by atoms with E-state index in [0.717, 1.165) is 12.5 Å². The Labute approximate surface area is 100.0 Å². The quantitative estimate of drug-likeness (QED) is 0.782. The van der Waals surface area contributed by atoms with Gasteiger partial charge < -0.3 is 10.6 Å². The Balaban J connectivity index is 2.10. The number of nitrogens with zero attached hydrogens (tertiary/aromatic N) is 2. The van der Waals surface area contributed by atoms with Crippen LogP contribution in [-0.2, 0) is 0 Å². The van der Waals surface area contributed by atoms with Crippen molar-refractivity contribution in [2.45, 2.75) is 44.7 Å². The molecule has 2 atom stereocenters. The Hall–Kier alpha value is -0.120. The smallest absolute Gasteiger partial charge is 0.0335 e. The molecule has 0 spiro atoms. The summed E-state index contributed by atoms with van der Waals surface area (Å²) in [6.07, 6.45) is 4.04. The number of rotatable bonds is 3. The van der Waals surface area contributed by atoms with Crippen LogP contribution in [0.15, 0.2) is 0 Å². The third kappa shape index (κ3) is 2.27. The Kier molecular flexibility index (Phi) is 3.57. The van der Waals surface area contributed by atoms with Crippen LogP contribution in [0.5, 0.6) is 0 Å². The van der Waals surface area contributed by atoms with E-state index >= 15 is 0 Å². The topological polar surface area (TPSA) is 32.5 Å². The molecule has 0 bridgehead atoms. The van der Waals surface area contributed by atoms with E-state index in [1.54, 1.807) is 0 Å². The fourth-order valence-electron chi connectivity index (χ4n) is 3.35. The van der Waals surface area contributed by atoms with Gasteiger partial charge in [0.1, 0.15) is 0 Å². The van der Waals surface area contributed by atoms with Gasteiger partial charge >= 0.3 is 0 Å². The zero-order valence-electron chi connectivity index (χ0n) is 11.1. The van der Waals surface area contributed by atoms with Crippen LogP contribution in [0.25, 0.3) is 0 Å². The molecule has 1 saturated heterocycles. The van der Waals surface area contributed by atoms with Gasteiger partial charge in [-0.1, -0.05) is 0 Å². The molecule has 3 nitrogen and oxygen atoms in total. The van der Waals surface area contributed by atoms with Crippen molar-refractivity contribution in [3.63, 3.8) is 0 Å². The van der Waals surface area contributed by atoms with Crippen LogP contribution in [-0.4, -0.2) is 54.6 Å². The van der Waals surface area contributed by atoms with Crippen LogP contribution in [0.3, 0.4) is 0 Å². The summed E-state index contributed by atoms with van der Waals surface area (Å²) in [5.74, 6) is 0.850. The van der Waals surface area contributed by atoms with Gasteiger partial charge in [0.25, 0.3) is 0 Å². The van der Waals surface area contributed by atoms with Crippen molar-refractivity contribution < 1.29 is 0 Å². The summed E-state index contributed by atoms with van der Waals surface area (Å²) >= 11 is 0. The van der Waals surface area contributed by atoms with Crippen molar-refractivity contribution in [2.75, 3.05) is 33.2 Å². The van der Waals surface area contributed by atoms with Crippen LogP contribution < -0.4 is 5.73 Å². The van der Waals surface area contributed by atoms with E-state index in [-0.39, 0.29) is 5.54 Å². The van der Waals surface area contributed by atoms with Crippen LogP contribution in [0.4, 0.5) is 0 Å². The maximum atomic E-state index is 6.07. The molecule has 1 heterocycles. The maximum Gasteiger partial charge on any atom is 0.0335 e. The van der Waals surface area contributed by atoms with Crippen molar-refractivity contribution in [2.24, 2.45) is 11.7 Å². The van der Waals surface area contributed by atoms with Crippen LogP contribution in [0.2, 0.25) is 0 Å². The summed E-state index contributed by atoms with van der Waals surface area (Å²) in [6.45, 7) is 9.18. The summed E-state index contributed by atoms with van der Waals surface area (Å²) in [5.41, 5.74) is 6.33. The predicted molar refractivity (Wildman–Crippen MR) is 68.5 cm³/mol. The second kappa shape index (κ2) is 4.63. The predicted octanol–water partition coefficient (Wildman–Crippen LogP) is 1.14. The second-order valence-electron chi connectivity index (χ2n) is 5.99. The highest BCUT2D eigenvalue weighted by Gasteiger charge is 2.46. The zero-order chi connectivity index (χ0) is 11.8. The molecular weight excluding hydrogens is 198 g/mol. The molecule has 0 amide bonds. The van der Waals surface area contributed by atoms with E-state index in [2.05, 4.69) is 30.7 Å². The van der Waals surface area contributed by atoms with Gasteiger partial charge in [0, 0.05) is 31.2 Å². The fourth-order valence-corrected chi connectivity index (χ4v) is 3.35. The molecule has 94 valence electrons. The molecule has 0 aromatic heterocycles. The average Bonchev–Trinajstić information content (AvgIpc) is 3.05. The van der Waals surface area contributed by atoms with Crippen molar-refractivity contribution in [3.05, 3.63) is 0 Å². The van der Waals surface area contributed by atoms with Gasteiger partial charge in [-0.05, 0) is 52.6 Å².